The molecular weight excluding hydrogens is 454 g/mol. The van der Waals surface area contributed by atoms with Gasteiger partial charge in [-0.05, 0) is 28.3 Å². The molecule has 0 radical (unpaired) electrons. The summed E-state index contributed by atoms with van der Waals surface area (Å²) in [6.45, 7) is 2.90. The first-order valence-corrected chi connectivity index (χ1v) is 12.5. The number of benzene rings is 4. The minimum atomic E-state index is -1.20. The summed E-state index contributed by atoms with van der Waals surface area (Å²) in [6, 6.07) is 36.4. The zero-order valence-electron chi connectivity index (χ0n) is 19.7. The van der Waals surface area contributed by atoms with Crippen molar-refractivity contribution in [3.05, 3.63) is 131 Å². The molecule has 0 aliphatic carbocycles. The third-order valence-corrected chi connectivity index (χ3v) is 7.18. The summed E-state index contributed by atoms with van der Waals surface area (Å²) >= 11 is 6.57. The summed E-state index contributed by atoms with van der Waals surface area (Å²) in [5, 5.41) is 13.1. The van der Waals surface area contributed by atoms with E-state index in [4.69, 9.17) is 16.3 Å². The average Bonchev–Trinajstić information content (AvgIpc) is 2.91. The Morgan fingerprint density at radius 2 is 1.43 bits per heavy atom. The Kier molecular flexibility index (Phi) is 7.31. The molecule has 0 saturated carbocycles. The second-order valence-electron chi connectivity index (χ2n) is 9.18. The van der Waals surface area contributed by atoms with Crippen LogP contribution in [-0.2, 0) is 23.3 Å². The first-order chi connectivity index (χ1) is 17.1. The van der Waals surface area contributed by atoms with Gasteiger partial charge in [-0.25, -0.2) is 0 Å². The minimum absolute atomic E-state index is 0.373. The molecule has 5 rings (SSSR count). The standard InChI is InChI=1S/C31H30ClNO2/c32-29-18-10-9-17-28(29)27-16-8-7-13-25(27)21-31(34,26-14-5-2-6-15-26)30-23-33(19-20-35-30)22-24-11-3-1-4-12-24/h1-18,30,34H,19-23H2/t30?,31-/m1/s1. The lowest BCUT2D eigenvalue weighted by Crippen LogP contribution is -2.53. The minimum Gasteiger partial charge on any atom is -0.382 e. The van der Waals surface area contributed by atoms with E-state index in [1.54, 1.807) is 0 Å². The van der Waals surface area contributed by atoms with Crippen LogP contribution < -0.4 is 0 Å². The summed E-state index contributed by atoms with van der Waals surface area (Å²) in [6.07, 6.45) is 0.0454. The van der Waals surface area contributed by atoms with Crippen molar-refractivity contribution in [2.24, 2.45) is 0 Å². The molecule has 1 heterocycles. The molecular formula is C31H30ClNO2. The molecule has 0 bridgehead atoms. The quantitative estimate of drug-likeness (QED) is 0.333. The number of morpholine rings is 1. The summed E-state index contributed by atoms with van der Waals surface area (Å²) < 4.78 is 6.29. The van der Waals surface area contributed by atoms with E-state index < -0.39 is 5.60 Å². The summed E-state index contributed by atoms with van der Waals surface area (Å²) in [4.78, 5) is 2.37. The van der Waals surface area contributed by atoms with E-state index in [9.17, 15) is 5.11 Å². The number of halogens is 1. The van der Waals surface area contributed by atoms with Crippen molar-refractivity contribution in [3.63, 3.8) is 0 Å². The Morgan fingerprint density at radius 3 is 2.17 bits per heavy atom. The number of ether oxygens (including phenoxy) is 1. The van der Waals surface area contributed by atoms with Crippen LogP contribution >= 0.6 is 11.6 Å². The smallest absolute Gasteiger partial charge is 0.121 e. The molecule has 2 atom stereocenters. The van der Waals surface area contributed by atoms with Crippen LogP contribution in [0.15, 0.2) is 109 Å². The second-order valence-corrected chi connectivity index (χ2v) is 9.59. The monoisotopic (exact) mass is 483 g/mol. The van der Waals surface area contributed by atoms with Gasteiger partial charge in [0, 0.05) is 36.6 Å². The van der Waals surface area contributed by atoms with E-state index in [0.717, 1.165) is 35.3 Å². The predicted molar refractivity (Wildman–Crippen MR) is 142 cm³/mol. The molecule has 0 spiro atoms. The van der Waals surface area contributed by atoms with Crippen LogP contribution in [0.1, 0.15) is 16.7 Å². The molecule has 1 N–H and O–H groups in total. The number of aliphatic hydroxyl groups is 1. The van der Waals surface area contributed by atoms with E-state index >= 15 is 0 Å². The highest BCUT2D eigenvalue weighted by atomic mass is 35.5. The van der Waals surface area contributed by atoms with Gasteiger partial charge < -0.3 is 9.84 Å². The molecule has 0 amide bonds. The topological polar surface area (TPSA) is 32.7 Å². The number of rotatable bonds is 7. The fourth-order valence-corrected chi connectivity index (χ4v) is 5.25. The Labute approximate surface area is 212 Å². The van der Waals surface area contributed by atoms with Crippen molar-refractivity contribution in [1.29, 1.82) is 0 Å². The molecule has 1 saturated heterocycles. The maximum atomic E-state index is 12.4. The van der Waals surface area contributed by atoms with Gasteiger partial charge >= 0.3 is 0 Å². The lowest BCUT2D eigenvalue weighted by atomic mass is 9.80. The molecule has 1 aliphatic heterocycles. The Hall–Kier alpha value is -2.95. The van der Waals surface area contributed by atoms with Crippen molar-refractivity contribution in [2.45, 2.75) is 24.7 Å². The number of nitrogens with zero attached hydrogens (tertiary/aromatic N) is 1. The largest absolute Gasteiger partial charge is 0.382 e. The zero-order chi connectivity index (χ0) is 24.1. The van der Waals surface area contributed by atoms with Gasteiger partial charge in [-0.15, -0.1) is 0 Å². The van der Waals surface area contributed by atoms with Crippen LogP contribution in [0, 0.1) is 0 Å². The molecule has 4 heteroatoms. The summed E-state index contributed by atoms with van der Waals surface area (Å²) in [5.41, 5.74) is 3.96. The van der Waals surface area contributed by atoms with E-state index in [-0.39, 0.29) is 6.10 Å². The van der Waals surface area contributed by atoms with Crippen LogP contribution in [-0.4, -0.2) is 35.8 Å². The first-order valence-electron chi connectivity index (χ1n) is 12.1. The van der Waals surface area contributed by atoms with Gasteiger partial charge in [0.05, 0.1) is 6.61 Å². The highest BCUT2D eigenvalue weighted by molar-refractivity contribution is 6.33. The Morgan fingerprint density at radius 1 is 0.800 bits per heavy atom. The van der Waals surface area contributed by atoms with E-state index in [1.807, 2.05) is 72.8 Å². The van der Waals surface area contributed by atoms with Gasteiger partial charge in [-0.1, -0.05) is 115 Å². The molecule has 1 fully saturated rings. The van der Waals surface area contributed by atoms with Crippen LogP contribution in [0.4, 0.5) is 0 Å². The molecule has 3 nitrogen and oxygen atoms in total. The van der Waals surface area contributed by atoms with Crippen molar-refractivity contribution in [3.8, 4) is 11.1 Å². The third-order valence-electron chi connectivity index (χ3n) is 6.85. The fourth-order valence-electron chi connectivity index (χ4n) is 5.01. The summed E-state index contributed by atoms with van der Waals surface area (Å²) in [7, 11) is 0. The molecule has 4 aromatic rings. The third kappa shape index (κ3) is 5.34. The van der Waals surface area contributed by atoms with E-state index in [0.29, 0.717) is 24.6 Å². The van der Waals surface area contributed by atoms with Gasteiger partial charge in [0.25, 0.3) is 0 Å². The van der Waals surface area contributed by atoms with Crippen molar-refractivity contribution >= 4 is 11.6 Å². The van der Waals surface area contributed by atoms with E-state index in [2.05, 4.69) is 41.3 Å². The van der Waals surface area contributed by atoms with Crippen LogP contribution in [0.2, 0.25) is 5.02 Å². The number of hydrogen-bond acceptors (Lipinski definition) is 3. The van der Waals surface area contributed by atoms with Gasteiger partial charge in [-0.2, -0.15) is 0 Å². The van der Waals surface area contributed by atoms with Crippen LogP contribution in [0.25, 0.3) is 11.1 Å². The SMILES string of the molecule is O[C@](Cc1ccccc1-c1ccccc1Cl)(c1ccccc1)C1CN(Cc2ccccc2)CCO1. The molecule has 35 heavy (non-hydrogen) atoms. The van der Waals surface area contributed by atoms with E-state index in [1.165, 1.54) is 5.56 Å². The maximum Gasteiger partial charge on any atom is 0.121 e. The average molecular weight is 484 g/mol. The molecule has 0 aromatic heterocycles. The van der Waals surface area contributed by atoms with Crippen molar-refractivity contribution in [1.82, 2.24) is 4.90 Å². The Bertz CT molecular complexity index is 1250. The summed E-state index contributed by atoms with van der Waals surface area (Å²) in [5.74, 6) is 0. The molecule has 1 unspecified atom stereocenters. The van der Waals surface area contributed by atoms with Crippen molar-refractivity contribution < 1.29 is 9.84 Å². The normalized spacial score (nSPS) is 18.2. The predicted octanol–water partition coefficient (Wildman–Crippen LogP) is 6.34. The zero-order valence-corrected chi connectivity index (χ0v) is 20.4. The highest BCUT2D eigenvalue weighted by Crippen LogP contribution is 2.38. The maximum absolute atomic E-state index is 12.4. The lowest BCUT2D eigenvalue weighted by Gasteiger charge is -2.43. The van der Waals surface area contributed by atoms with Gasteiger partial charge in [-0.3, -0.25) is 4.90 Å². The fraction of sp³-hybridized carbons (Fsp3) is 0.226. The van der Waals surface area contributed by atoms with Gasteiger partial charge in [0.1, 0.15) is 11.7 Å². The molecule has 4 aromatic carbocycles. The molecule has 1 aliphatic rings. The first kappa shape index (κ1) is 23.8. The Balaban J connectivity index is 1.49. The molecule has 178 valence electrons. The number of hydrogen-bond donors (Lipinski definition) is 1. The highest BCUT2D eigenvalue weighted by Gasteiger charge is 2.42. The van der Waals surface area contributed by atoms with Gasteiger partial charge in [0.2, 0.25) is 0 Å². The lowest BCUT2D eigenvalue weighted by molar-refractivity contribution is -0.149. The van der Waals surface area contributed by atoms with Crippen LogP contribution in [0.3, 0.4) is 0 Å². The van der Waals surface area contributed by atoms with Gasteiger partial charge in [0.15, 0.2) is 0 Å². The second kappa shape index (κ2) is 10.8. The van der Waals surface area contributed by atoms with Crippen molar-refractivity contribution in [2.75, 3.05) is 19.7 Å². The van der Waals surface area contributed by atoms with Crippen LogP contribution in [0.5, 0.6) is 0 Å².